The molecule has 1 aliphatic rings. The maximum absolute atomic E-state index is 12.9. The Morgan fingerprint density at radius 2 is 1.63 bits per heavy atom. The second-order valence-electron chi connectivity index (χ2n) is 7.61. The van der Waals surface area contributed by atoms with Gasteiger partial charge in [-0.15, -0.1) is 0 Å². The first-order chi connectivity index (χ1) is 16.9. The van der Waals surface area contributed by atoms with Crippen molar-refractivity contribution in [1.82, 2.24) is 0 Å². The van der Waals surface area contributed by atoms with Gasteiger partial charge in [0.2, 0.25) is 5.71 Å². The van der Waals surface area contributed by atoms with E-state index in [-0.39, 0.29) is 30.2 Å². The summed E-state index contributed by atoms with van der Waals surface area (Å²) >= 11 is 5.85. The van der Waals surface area contributed by atoms with Crippen LogP contribution in [0.1, 0.15) is 23.6 Å². The normalized spacial score (nSPS) is 13.8. The number of hydroxylamine groups is 1. The Labute approximate surface area is 207 Å². The van der Waals surface area contributed by atoms with Crippen LogP contribution in [0.4, 0.5) is 0 Å². The van der Waals surface area contributed by atoms with E-state index in [0.717, 1.165) is 5.56 Å². The van der Waals surface area contributed by atoms with Crippen molar-refractivity contribution < 1.29 is 28.5 Å². The summed E-state index contributed by atoms with van der Waals surface area (Å²) in [5, 5.41) is 13.2. The highest BCUT2D eigenvalue weighted by Gasteiger charge is 2.39. The zero-order valence-electron chi connectivity index (χ0n) is 19.1. The molecule has 3 aromatic carbocycles. The van der Waals surface area contributed by atoms with Gasteiger partial charge in [0.05, 0.1) is 12.2 Å². The predicted molar refractivity (Wildman–Crippen MR) is 132 cm³/mol. The van der Waals surface area contributed by atoms with Crippen LogP contribution in [0.5, 0.6) is 11.5 Å². The summed E-state index contributed by atoms with van der Waals surface area (Å²) in [4.78, 5) is 25.3. The molecule has 0 fully saturated rings. The molecule has 0 aliphatic heterocycles. The number of hydrogen-bond acceptors (Lipinski definition) is 6. The van der Waals surface area contributed by atoms with Crippen molar-refractivity contribution in [3.8, 4) is 11.5 Å². The Balaban J connectivity index is 1.65. The summed E-state index contributed by atoms with van der Waals surface area (Å²) < 4.78 is 16.8. The van der Waals surface area contributed by atoms with Gasteiger partial charge in [0, 0.05) is 10.6 Å². The van der Waals surface area contributed by atoms with Crippen molar-refractivity contribution in [3.63, 3.8) is 0 Å². The fraction of sp³-hybridized carbons (Fsp3) is 0.148. The number of nitrogens with zero attached hydrogens (tertiary/aromatic N) is 1. The molecule has 0 heterocycles. The fourth-order valence-corrected chi connectivity index (χ4v) is 3.98. The van der Waals surface area contributed by atoms with Crippen LogP contribution in [0.15, 0.2) is 78.4 Å². The minimum Gasteiger partial charge on any atom is -0.624 e. The average molecular weight is 492 g/mol. The summed E-state index contributed by atoms with van der Waals surface area (Å²) in [5.41, 5.74) is 2.78. The number of carbonyl (C=O) groups is 2. The zero-order valence-corrected chi connectivity index (χ0v) is 19.9. The van der Waals surface area contributed by atoms with Gasteiger partial charge in [-0.05, 0) is 60.5 Å². The maximum atomic E-state index is 12.9. The third-order valence-electron chi connectivity index (χ3n) is 5.26. The van der Waals surface area contributed by atoms with E-state index in [0.29, 0.717) is 32.2 Å². The Morgan fingerprint density at radius 1 is 0.943 bits per heavy atom. The molecule has 0 aromatic heterocycles. The topological polar surface area (TPSA) is 87.9 Å². The number of halogens is 1. The van der Waals surface area contributed by atoms with E-state index in [9.17, 15) is 14.8 Å². The molecule has 0 amide bonds. The summed E-state index contributed by atoms with van der Waals surface area (Å²) in [6, 6.07) is 20.7. The first-order valence-corrected chi connectivity index (χ1v) is 11.3. The molecule has 0 unspecified atom stereocenters. The van der Waals surface area contributed by atoms with Gasteiger partial charge < -0.3 is 19.4 Å². The number of benzene rings is 3. The van der Waals surface area contributed by atoms with Crippen molar-refractivity contribution >= 4 is 34.8 Å². The smallest absolute Gasteiger partial charge is 0.349 e. The minimum absolute atomic E-state index is 0.146. The molecular weight excluding hydrogens is 470 g/mol. The third kappa shape index (κ3) is 5.20. The summed E-state index contributed by atoms with van der Waals surface area (Å²) in [6.45, 7) is 1.54. The molecule has 0 saturated heterocycles. The van der Waals surface area contributed by atoms with Crippen LogP contribution in [-0.4, -0.2) is 42.7 Å². The fourth-order valence-electron chi connectivity index (χ4n) is 3.86. The lowest BCUT2D eigenvalue weighted by Crippen LogP contribution is -2.21. The molecule has 0 bridgehead atoms. The van der Waals surface area contributed by atoms with Gasteiger partial charge in [-0.2, -0.15) is 0 Å². The summed E-state index contributed by atoms with van der Waals surface area (Å²) in [6.07, 6.45) is 0. The molecule has 0 radical (unpaired) electrons. The molecule has 35 heavy (non-hydrogen) atoms. The lowest BCUT2D eigenvalue weighted by molar-refractivity contribution is -0.421. The van der Waals surface area contributed by atoms with Crippen molar-refractivity contribution in [1.29, 1.82) is 0 Å². The average Bonchev–Trinajstić information content (AvgIpc) is 3.19. The number of carbonyl (C=O) groups excluding carboxylic acids is 2. The number of esters is 2. The van der Waals surface area contributed by atoms with Gasteiger partial charge in [-0.3, -0.25) is 0 Å². The standard InChI is InChI=1S/C27H22ClNO6/c1-3-33-27(31)25-24(17-7-5-4-6-8-17)21-14-13-20(15-22(21)26(25)29(2)32)35-23(30)16-34-19-11-9-18(28)10-12-19/h4-15H,3,16H2,1-2H3/b29-26+. The van der Waals surface area contributed by atoms with E-state index < -0.39 is 11.9 Å². The molecule has 0 spiro atoms. The summed E-state index contributed by atoms with van der Waals surface area (Å²) in [5.74, 6) is -0.544. The second-order valence-corrected chi connectivity index (χ2v) is 8.04. The Kier molecular flexibility index (Phi) is 7.17. The van der Waals surface area contributed by atoms with Gasteiger partial charge in [0.15, 0.2) is 6.61 Å². The lowest BCUT2D eigenvalue weighted by atomic mass is 9.97. The molecule has 4 rings (SSSR count). The van der Waals surface area contributed by atoms with Gasteiger partial charge in [-0.1, -0.05) is 41.9 Å². The van der Waals surface area contributed by atoms with Gasteiger partial charge in [-0.25, -0.2) is 14.3 Å². The first kappa shape index (κ1) is 24.0. The maximum Gasteiger partial charge on any atom is 0.349 e. The van der Waals surface area contributed by atoms with Crippen molar-refractivity contribution in [2.45, 2.75) is 6.92 Å². The highest BCUT2D eigenvalue weighted by atomic mass is 35.5. The molecule has 8 heteroatoms. The van der Waals surface area contributed by atoms with Gasteiger partial charge >= 0.3 is 11.9 Å². The van der Waals surface area contributed by atoms with Crippen LogP contribution in [0, 0.1) is 5.21 Å². The SMILES string of the molecule is CCOC(=O)C1=C(c2ccccc2)c2ccc(OC(=O)COc3ccc(Cl)cc3)cc2/C1=[N+](/C)[O-]. The Bertz CT molecular complexity index is 1330. The van der Waals surface area contributed by atoms with E-state index in [1.165, 1.54) is 7.05 Å². The van der Waals surface area contributed by atoms with E-state index in [2.05, 4.69) is 0 Å². The molecule has 7 nitrogen and oxygen atoms in total. The quantitative estimate of drug-likeness (QED) is 0.157. The molecule has 178 valence electrons. The third-order valence-corrected chi connectivity index (χ3v) is 5.51. The first-order valence-electron chi connectivity index (χ1n) is 10.9. The molecule has 0 N–H and O–H groups in total. The highest BCUT2D eigenvalue weighted by Crippen LogP contribution is 2.40. The van der Waals surface area contributed by atoms with Gasteiger partial charge in [0.1, 0.15) is 24.1 Å². The van der Waals surface area contributed by atoms with E-state index >= 15 is 0 Å². The highest BCUT2D eigenvalue weighted by molar-refractivity contribution is 6.35. The van der Waals surface area contributed by atoms with Crippen LogP contribution in [0.2, 0.25) is 5.02 Å². The van der Waals surface area contributed by atoms with Crippen molar-refractivity contribution in [2.75, 3.05) is 20.3 Å². The second kappa shape index (κ2) is 10.4. The molecule has 1 aliphatic carbocycles. The lowest BCUT2D eigenvalue weighted by Gasteiger charge is -2.09. The number of rotatable bonds is 7. The van der Waals surface area contributed by atoms with E-state index in [1.54, 1.807) is 49.4 Å². The molecular formula is C27H22ClNO6. The largest absolute Gasteiger partial charge is 0.624 e. The van der Waals surface area contributed by atoms with Crippen LogP contribution >= 0.6 is 11.6 Å². The van der Waals surface area contributed by atoms with Crippen molar-refractivity contribution in [3.05, 3.63) is 105 Å². The number of hydrogen-bond donors (Lipinski definition) is 0. The Hall–Kier alpha value is -4.10. The van der Waals surface area contributed by atoms with Crippen LogP contribution in [0.25, 0.3) is 5.57 Å². The Morgan fingerprint density at radius 3 is 2.29 bits per heavy atom. The van der Waals surface area contributed by atoms with Crippen LogP contribution < -0.4 is 9.47 Å². The molecule has 0 saturated carbocycles. The van der Waals surface area contributed by atoms with Crippen LogP contribution in [-0.2, 0) is 14.3 Å². The summed E-state index contributed by atoms with van der Waals surface area (Å²) in [7, 11) is 1.31. The van der Waals surface area contributed by atoms with Crippen molar-refractivity contribution in [2.24, 2.45) is 0 Å². The minimum atomic E-state index is -0.628. The molecule has 0 atom stereocenters. The van der Waals surface area contributed by atoms with Crippen LogP contribution in [0.3, 0.4) is 0 Å². The zero-order chi connectivity index (χ0) is 24.9. The number of fused-ring (bicyclic) bond motifs is 1. The van der Waals surface area contributed by atoms with Gasteiger partial charge in [0.25, 0.3) is 0 Å². The predicted octanol–water partition coefficient (Wildman–Crippen LogP) is 4.63. The monoisotopic (exact) mass is 491 g/mol. The van der Waals surface area contributed by atoms with E-state index in [1.807, 2.05) is 30.3 Å². The molecule has 3 aromatic rings. The van der Waals surface area contributed by atoms with E-state index in [4.69, 9.17) is 25.8 Å². The number of ether oxygens (including phenoxy) is 3.